The largest absolute Gasteiger partial charge is 0.396 e. The zero-order valence-electron chi connectivity index (χ0n) is 43.1. The third-order valence-electron chi connectivity index (χ3n) is 12.0. The van der Waals surface area contributed by atoms with Gasteiger partial charge in [0.15, 0.2) is 0 Å². The standard InChI is InChI=1S/4C14H30O.Ti/c4*1-2-3-4-5-6-7-8-9-10-11-12-13-14-15;/h4*15H,2-14H2,1H3;. The quantitative estimate of drug-likeness (QED) is 0.0362. The molecule has 0 aromatic rings. The molecule has 0 atom stereocenters. The van der Waals surface area contributed by atoms with Gasteiger partial charge in [0.1, 0.15) is 0 Å². The van der Waals surface area contributed by atoms with E-state index in [-0.39, 0.29) is 21.7 Å². The maximum Gasteiger partial charge on any atom is 0.0431 e. The molecule has 0 saturated heterocycles. The second-order valence-corrected chi connectivity index (χ2v) is 18.5. The first-order valence-corrected chi connectivity index (χ1v) is 28.1. The van der Waals surface area contributed by atoms with Gasteiger partial charge in [0, 0.05) is 48.1 Å². The second-order valence-electron chi connectivity index (χ2n) is 18.5. The van der Waals surface area contributed by atoms with Crippen molar-refractivity contribution in [3.63, 3.8) is 0 Å². The van der Waals surface area contributed by atoms with Gasteiger partial charge in [-0.15, -0.1) is 0 Å². The van der Waals surface area contributed by atoms with E-state index in [1.807, 2.05) is 0 Å². The fraction of sp³-hybridized carbons (Fsp3) is 1.00. The van der Waals surface area contributed by atoms with E-state index in [2.05, 4.69) is 27.7 Å². The van der Waals surface area contributed by atoms with Gasteiger partial charge in [-0.1, -0.05) is 310 Å². The van der Waals surface area contributed by atoms with E-state index < -0.39 is 0 Å². The first kappa shape index (κ1) is 70.6. The number of hydrogen-bond donors (Lipinski definition) is 4. The van der Waals surface area contributed by atoms with Crippen LogP contribution in [0.15, 0.2) is 0 Å². The Morgan fingerprint density at radius 1 is 0.148 bits per heavy atom. The molecule has 0 rings (SSSR count). The van der Waals surface area contributed by atoms with Crippen molar-refractivity contribution in [3.8, 4) is 0 Å². The SMILES string of the molecule is CCCCCCCCCCCCCCO.CCCCCCCCCCCCCCO.CCCCCCCCCCCCCCO.CCCCCCCCCCCCCCO.[Ti]. The van der Waals surface area contributed by atoms with E-state index in [4.69, 9.17) is 20.4 Å². The molecule has 0 aliphatic heterocycles. The molecule has 0 aliphatic carbocycles. The molecule has 0 spiro atoms. The minimum Gasteiger partial charge on any atom is -0.396 e. The normalized spacial score (nSPS) is 10.6. The van der Waals surface area contributed by atoms with Crippen LogP contribution in [-0.4, -0.2) is 46.9 Å². The van der Waals surface area contributed by atoms with Gasteiger partial charge in [-0.25, -0.2) is 0 Å². The van der Waals surface area contributed by atoms with Crippen molar-refractivity contribution in [2.45, 2.75) is 336 Å². The summed E-state index contributed by atoms with van der Waals surface area (Å²) in [5.74, 6) is 0. The zero-order chi connectivity index (χ0) is 44.8. The molecule has 0 heterocycles. The van der Waals surface area contributed by atoms with Crippen LogP contribution in [0.5, 0.6) is 0 Å². The summed E-state index contributed by atoms with van der Waals surface area (Å²) in [6, 6.07) is 0. The predicted octanol–water partition coefficient (Wildman–Crippen LogP) is 18.7. The summed E-state index contributed by atoms with van der Waals surface area (Å²) in [7, 11) is 0. The molecule has 4 N–H and O–H groups in total. The first-order chi connectivity index (χ1) is 29.7. The number of rotatable bonds is 48. The maximum absolute atomic E-state index is 8.61. The average molecular weight is 905 g/mol. The molecule has 0 amide bonds. The third kappa shape index (κ3) is 88.1. The topological polar surface area (TPSA) is 80.9 Å². The number of aliphatic hydroxyl groups is 4. The smallest absolute Gasteiger partial charge is 0.0431 e. The molecule has 0 saturated carbocycles. The van der Waals surface area contributed by atoms with Crippen LogP contribution >= 0.6 is 0 Å². The van der Waals surface area contributed by atoms with Gasteiger partial charge in [0.25, 0.3) is 0 Å². The molecule has 0 radical (unpaired) electrons. The Morgan fingerprint density at radius 2 is 0.230 bits per heavy atom. The van der Waals surface area contributed by atoms with Gasteiger partial charge >= 0.3 is 0 Å². The van der Waals surface area contributed by atoms with Crippen molar-refractivity contribution >= 4 is 0 Å². The van der Waals surface area contributed by atoms with Crippen molar-refractivity contribution in [1.82, 2.24) is 0 Å². The second kappa shape index (κ2) is 77.8. The predicted molar refractivity (Wildman–Crippen MR) is 273 cm³/mol. The van der Waals surface area contributed by atoms with E-state index in [0.717, 1.165) is 25.7 Å². The zero-order valence-corrected chi connectivity index (χ0v) is 44.6. The van der Waals surface area contributed by atoms with E-state index in [1.165, 1.54) is 283 Å². The average Bonchev–Trinajstić information content (AvgIpc) is 3.26. The Hall–Kier alpha value is 0.554. The van der Waals surface area contributed by atoms with Crippen LogP contribution in [0.3, 0.4) is 0 Å². The van der Waals surface area contributed by atoms with Crippen LogP contribution in [0.2, 0.25) is 0 Å². The first-order valence-electron chi connectivity index (χ1n) is 28.1. The summed E-state index contributed by atoms with van der Waals surface area (Å²) < 4.78 is 0. The fourth-order valence-corrected chi connectivity index (χ4v) is 7.81. The van der Waals surface area contributed by atoms with Crippen molar-refractivity contribution in [1.29, 1.82) is 0 Å². The molecule has 0 unspecified atom stereocenters. The number of unbranched alkanes of at least 4 members (excludes halogenated alkanes) is 44. The summed E-state index contributed by atoms with van der Waals surface area (Å²) in [6.45, 7) is 10.6. The van der Waals surface area contributed by atoms with Gasteiger partial charge < -0.3 is 20.4 Å². The Labute approximate surface area is 402 Å². The monoisotopic (exact) mass is 905 g/mol. The Bertz CT molecular complexity index is 469. The van der Waals surface area contributed by atoms with Crippen LogP contribution in [-0.2, 0) is 21.7 Å². The van der Waals surface area contributed by atoms with Crippen molar-refractivity contribution in [2.24, 2.45) is 0 Å². The summed E-state index contributed by atoms with van der Waals surface area (Å²) in [6.07, 6.45) is 65.0. The van der Waals surface area contributed by atoms with E-state index >= 15 is 0 Å². The molecule has 5 heteroatoms. The molecule has 4 nitrogen and oxygen atoms in total. The van der Waals surface area contributed by atoms with Crippen molar-refractivity contribution < 1.29 is 42.1 Å². The fourth-order valence-electron chi connectivity index (χ4n) is 7.81. The van der Waals surface area contributed by atoms with Crippen LogP contribution in [0.1, 0.15) is 336 Å². The molecule has 0 aliphatic rings. The van der Waals surface area contributed by atoms with Gasteiger partial charge in [-0.3, -0.25) is 0 Å². The van der Waals surface area contributed by atoms with Crippen molar-refractivity contribution in [2.75, 3.05) is 26.4 Å². The van der Waals surface area contributed by atoms with Gasteiger partial charge in [0.05, 0.1) is 0 Å². The molecule has 0 bridgehead atoms. The summed E-state index contributed by atoms with van der Waals surface area (Å²) in [5.41, 5.74) is 0. The van der Waals surface area contributed by atoms with Crippen molar-refractivity contribution in [3.05, 3.63) is 0 Å². The molecular weight excluding hydrogens is 784 g/mol. The molecule has 0 aromatic carbocycles. The number of aliphatic hydroxyl groups excluding tert-OH is 4. The van der Waals surface area contributed by atoms with Gasteiger partial charge in [-0.2, -0.15) is 0 Å². The minimum absolute atomic E-state index is 0. The molecule has 0 fully saturated rings. The molecule has 61 heavy (non-hydrogen) atoms. The van der Waals surface area contributed by atoms with Gasteiger partial charge in [0.2, 0.25) is 0 Å². The van der Waals surface area contributed by atoms with Gasteiger partial charge in [-0.05, 0) is 25.7 Å². The van der Waals surface area contributed by atoms with Crippen LogP contribution in [0.4, 0.5) is 0 Å². The molecular formula is C56H120O4Ti. The van der Waals surface area contributed by atoms with E-state index in [1.54, 1.807) is 0 Å². The molecule has 372 valence electrons. The summed E-state index contributed by atoms with van der Waals surface area (Å²) in [5, 5.41) is 34.4. The summed E-state index contributed by atoms with van der Waals surface area (Å²) >= 11 is 0. The number of hydrogen-bond acceptors (Lipinski definition) is 4. The molecule has 0 aromatic heterocycles. The third-order valence-corrected chi connectivity index (χ3v) is 12.0. The van der Waals surface area contributed by atoms with Crippen LogP contribution < -0.4 is 0 Å². The minimum atomic E-state index is 0. The van der Waals surface area contributed by atoms with Crippen LogP contribution in [0.25, 0.3) is 0 Å². The van der Waals surface area contributed by atoms with E-state index in [9.17, 15) is 0 Å². The Morgan fingerprint density at radius 3 is 0.311 bits per heavy atom. The Balaban J connectivity index is -0.000000227. The summed E-state index contributed by atoms with van der Waals surface area (Å²) in [4.78, 5) is 0. The van der Waals surface area contributed by atoms with E-state index in [0.29, 0.717) is 26.4 Å². The van der Waals surface area contributed by atoms with Crippen LogP contribution in [0, 0.1) is 0 Å². The maximum atomic E-state index is 8.61. The Kier molecular flexibility index (Phi) is 90.0.